The van der Waals surface area contributed by atoms with E-state index in [4.69, 9.17) is 14.6 Å². The van der Waals surface area contributed by atoms with Crippen LogP contribution in [0, 0.1) is 0 Å². The fourth-order valence-corrected chi connectivity index (χ4v) is 12.5. The normalized spacial score (nSPS) is 13.3. The van der Waals surface area contributed by atoms with E-state index in [2.05, 4.69) is 231 Å². The van der Waals surface area contributed by atoms with E-state index in [9.17, 15) is 0 Å². The zero-order valence-electron chi connectivity index (χ0n) is 40.1. The van der Waals surface area contributed by atoms with E-state index >= 15 is 0 Å². The van der Waals surface area contributed by atoms with Gasteiger partial charge in [-0.15, -0.1) is 10.2 Å². The summed E-state index contributed by atoms with van der Waals surface area (Å²) in [4.78, 5) is 0. The standard InChI is InChI=1S/C70H46N2O/c1-7-19-43(20-8-1)57-39-59(45-23-11-3-12-24-45)51-35-37-55-63(41-61(47-27-15-5-16-28-47)53-33-31-49(57)65(51)67(53)55)69-71-72-70(73-69)64-42-62(48-29-17-6-18-30-48)54-34-32-50-58(44-21-9-2-10-22-44)40-60(46-25-13-4-14-26-46)52-36-38-56(64)68(54)66(50)52/h1-13,15-25,27-31,33,35-42H,14,26,32,34H2. The lowest BCUT2D eigenvalue weighted by molar-refractivity contribution is 0.586. The van der Waals surface area contributed by atoms with Crippen molar-refractivity contribution in [3.05, 3.63) is 247 Å². The fraction of sp³-hybridized carbons (Fsp3) is 0.0571. The smallest absolute Gasteiger partial charge is 0.248 e. The third kappa shape index (κ3) is 6.59. The molecule has 0 N–H and O–H groups in total. The van der Waals surface area contributed by atoms with Gasteiger partial charge in [0, 0.05) is 11.1 Å². The molecule has 12 aromatic carbocycles. The summed E-state index contributed by atoms with van der Waals surface area (Å²) in [6, 6.07) is 77.6. The highest BCUT2D eigenvalue weighted by Crippen LogP contribution is 2.51. The SMILES string of the molecule is C1=CCCC(c2cc(-c3ccccc3)c3c4c2ccc2c(-c5nnc(-c6cc(-c7ccccc7)c7ccc8c(-c9ccccc9)cc(-c9ccccc9)c9ccc6c7c89)o5)cc(-c5ccccc5)c(c24)CC3)=C1. The summed E-state index contributed by atoms with van der Waals surface area (Å²) >= 11 is 0. The molecule has 1 aromatic heterocycles. The van der Waals surface area contributed by atoms with Crippen LogP contribution in [0.2, 0.25) is 0 Å². The lowest BCUT2D eigenvalue weighted by Crippen LogP contribution is -2.07. The van der Waals surface area contributed by atoms with Gasteiger partial charge in [0.05, 0.1) is 0 Å². The number of aromatic nitrogens is 2. The Kier molecular flexibility index (Phi) is 9.53. The summed E-state index contributed by atoms with van der Waals surface area (Å²) in [5, 5.41) is 22.3. The summed E-state index contributed by atoms with van der Waals surface area (Å²) < 4.78 is 7.20. The van der Waals surface area contributed by atoms with Crippen molar-refractivity contribution in [2.75, 3.05) is 0 Å². The molecule has 1 heterocycles. The molecule has 0 amide bonds. The van der Waals surface area contributed by atoms with Gasteiger partial charge in [-0.25, -0.2) is 0 Å². The highest BCUT2D eigenvalue weighted by atomic mass is 16.4. The molecule has 0 fully saturated rings. The van der Waals surface area contributed by atoms with Crippen LogP contribution in [-0.2, 0) is 12.8 Å². The van der Waals surface area contributed by atoms with Crippen molar-refractivity contribution in [1.29, 1.82) is 0 Å². The third-order valence-corrected chi connectivity index (χ3v) is 15.8. The van der Waals surface area contributed by atoms with Crippen LogP contribution in [0.5, 0.6) is 0 Å². The van der Waals surface area contributed by atoms with Gasteiger partial charge in [-0.3, -0.25) is 0 Å². The van der Waals surface area contributed by atoms with Gasteiger partial charge in [-0.1, -0.05) is 206 Å². The zero-order valence-corrected chi connectivity index (χ0v) is 40.1. The van der Waals surface area contributed by atoms with E-state index in [1.165, 1.54) is 110 Å². The quantitative estimate of drug-likeness (QED) is 0.143. The lowest BCUT2D eigenvalue weighted by Gasteiger charge is -2.27. The molecule has 342 valence electrons. The first-order valence-electron chi connectivity index (χ1n) is 25.6. The molecule has 0 radical (unpaired) electrons. The molecule has 0 atom stereocenters. The summed E-state index contributed by atoms with van der Waals surface area (Å²) in [5.74, 6) is 1.00. The lowest BCUT2D eigenvalue weighted by atomic mass is 9.76. The Hall–Kier alpha value is -9.18. The molecular formula is C70H46N2O. The number of hydrogen-bond donors (Lipinski definition) is 0. The number of aryl methyl sites for hydroxylation is 2. The van der Waals surface area contributed by atoms with Crippen LogP contribution in [-0.4, -0.2) is 10.2 Å². The summed E-state index contributed by atoms with van der Waals surface area (Å²) in [6.45, 7) is 0. The molecule has 2 aliphatic carbocycles. The van der Waals surface area contributed by atoms with E-state index in [0.717, 1.165) is 58.7 Å². The molecular weight excluding hydrogens is 885 g/mol. The highest BCUT2D eigenvalue weighted by Gasteiger charge is 2.29. The topological polar surface area (TPSA) is 38.9 Å². The maximum Gasteiger partial charge on any atom is 0.248 e. The molecule has 0 saturated carbocycles. The van der Waals surface area contributed by atoms with Crippen LogP contribution in [0.25, 0.3) is 138 Å². The molecule has 0 spiro atoms. The molecule has 2 aliphatic rings. The Bertz CT molecular complexity index is 4320. The van der Waals surface area contributed by atoms with Gasteiger partial charge in [0.15, 0.2) is 0 Å². The van der Waals surface area contributed by atoms with Crippen molar-refractivity contribution in [2.45, 2.75) is 25.7 Å². The van der Waals surface area contributed by atoms with E-state index in [1.807, 2.05) is 0 Å². The Morgan fingerprint density at radius 2 is 0.630 bits per heavy atom. The predicted molar refractivity (Wildman–Crippen MR) is 305 cm³/mol. The van der Waals surface area contributed by atoms with Crippen molar-refractivity contribution < 1.29 is 4.42 Å². The first-order chi connectivity index (χ1) is 36.2. The average Bonchev–Trinajstić information content (AvgIpc) is 3.97. The second kappa shape index (κ2) is 16.7. The Labute approximate surface area is 423 Å². The number of benzene rings is 12. The van der Waals surface area contributed by atoms with Crippen molar-refractivity contribution in [2.24, 2.45) is 0 Å². The first kappa shape index (κ1) is 41.6. The number of rotatable bonds is 8. The minimum Gasteiger partial charge on any atom is -0.416 e. The van der Waals surface area contributed by atoms with Gasteiger partial charge >= 0.3 is 0 Å². The minimum absolute atomic E-state index is 0.495. The second-order valence-corrected chi connectivity index (χ2v) is 19.7. The number of allylic oxidation sites excluding steroid dienone is 4. The minimum atomic E-state index is 0.495. The Morgan fingerprint density at radius 3 is 1.03 bits per heavy atom. The third-order valence-electron chi connectivity index (χ3n) is 15.8. The van der Waals surface area contributed by atoms with E-state index < -0.39 is 0 Å². The van der Waals surface area contributed by atoms with Crippen molar-refractivity contribution in [3.8, 4) is 78.5 Å². The molecule has 0 saturated heterocycles. The highest BCUT2D eigenvalue weighted by molar-refractivity contribution is 6.32. The van der Waals surface area contributed by atoms with Crippen LogP contribution in [0.15, 0.2) is 235 Å². The zero-order chi connectivity index (χ0) is 48.0. The van der Waals surface area contributed by atoms with Crippen LogP contribution in [0.3, 0.4) is 0 Å². The van der Waals surface area contributed by atoms with Crippen LogP contribution >= 0.6 is 0 Å². The maximum absolute atomic E-state index is 7.20. The first-order valence-corrected chi connectivity index (χ1v) is 25.6. The summed E-state index contributed by atoms with van der Waals surface area (Å²) in [7, 11) is 0. The van der Waals surface area contributed by atoms with Gasteiger partial charge in [0.25, 0.3) is 0 Å². The van der Waals surface area contributed by atoms with Gasteiger partial charge in [-0.05, 0) is 182 Å². The van der Waals surface area contributed by atoms with Crippen molar-refractivity contribution in [3.63, 3.8) is 0 Å². The summed E-state index contributed by atoms with van der Waals surface area (Å²) in [5.41, 5.74) is 19.4. The molecule has 0 aliphatic heterocycles. The van der Waals surface area contributed by atoms with Gasteiger partial charge in [-0.2, -0.15) is 0 Å². The number of nitrogens with zero attached hydrogens (tertiary/aromatic N) is 2. The molecule has 3 heteroatoms. The van der Waals surface area contributed by atoms with Gasteiger partial charge < -0.3 is 4.42 Å². The Balaban J connectivity index is 1.01. The molecule has 13 aromatic rings. The van der Waals surface area contributed by atoms with E-state index in [1.54, 1.807) is 0 Å². The Morgan fingerprint density at radius 1 is 0.301 bits per heavy atom. The number of hydrogen-bond acceptors (Lipinski definition) is 3. The van der Waals surface area contributed by atoms with Crippen LogP contribution < -0.4 is 0 Å². The molecule has 3 nitrogen and oxygen atoms in total. The second-order valence-electron chi connectivity index (χ2n) is 19.7. The summed E-state index contributed by atoms with van der Waals surface area (Å²) in [6.07, 6.45) is 10.8. The largest absolute Gasteiger partial charge is 0.416 e. The van der Waals surface area contributed by atoms with E-state index in [-0.39, 0.29) is 0 Å². The van der Waals surface area contributed by atoms with E-state index in [0.29, 0.717) is 11.8 Å². The molecule has 15 rings (SSSR count). The average molecular weight is 931 g/mol. The van der Waals surface area contributed by atoms with Crippen molar-refractivity contribution in [1.82, 2.24) is 10.2 Å². The van der Waals surface area contributed by atoms with Crippen molar-refractivity contribution >= 4 is 59.4 Å². The fourth-order valence-electron chi connectivity index (χ4n) is 12.5. The maximum atomic E-state index is 7.20. The van der Waals surface area contributed by atoms with Crippen LogP contribution in [0.1, 0.15) is 29.5 Å². The molecule has 0 unspecified atom stereocenters. The monoisotopic (exact) mass is 930 g/mol. The molecule has 73 heavy (non-hydrogen) atoms. The molecule has 0 bridgehead atoms. The van der Waals surface area contributed by atoms with Crippen LogP contribution in [0.4, 0.5) is 0 Å². The predicted octanol–water partition coefficient (Wildman–Crippen LogP) is 18.8. The van der Waals surface area contributed by atoms with Gasteiger partial charge in [0.2, 0.25) is 11.8 Å². The van der Waals surface area contributed by atoms with Gasteiger partial charge in [0.1, 0.15) is 0 Å².